The van der Waals surface area contributed by atoms with E-state index in [-0.39, 0.29) is 43.0 Å². The minimum atomic E-state index is -0.304. The number of rotatable bonds is 4. The molecule has 3 heterocycles. The van der Waals surface area contributed by atoms with Crippen molar-refractivity contribution in [2.75, 3.05) is 32.7 Å². The normalized spacial score (nSPS) is 16.9. The first-order valence-electron chi connectivity index (χ1n) is 9.78. The summed E-state index contributed by atoms with van der Waals surface area (Å²) in [6, 6.07) is 8.90. The number of likely N-dealkylation sites (tertiary alicyclic amines) is 1. The monoisotopic (exact) mass is 479 g/mol. The molecule has 0 radical (unpaired) electrons. The molecule has 2 aliphatic rings. The van der Waals surface area contributed by atoms with Gasteiger partial charge in [0.2, 0.25) is 17.7 Å². The lowest BCUT2D eigenvalue weighted by Gasteiger charge is -2.35. The summed E-state index contributed by atoms with van der Waals surface area (Å²) in [4.78, 5) is 54.6. The van der Waals surface area contributed by atoms with Gasteiger partial charge < -0.3 is 9.80 Å². The summed E-state index contributed by atoms with van der Waals surface area (Å²) < 4.78 is 0. The van der Waals surface area contributed by atoms with Crippen LogP contribution in [0.1, 0.15) is 22.5 Å². The van der Waals surface area contributed by atoms with Crippen LogP contribution in [-0.2, 0) is 14.4 Å². The van der Waals surface area contributed by atoms with Crippen LogP contribution < -0.4 is 0 Å². The Balaban J connectivity index is 1.35. The van der Waals surface area contributed by atoms with Crippen LogP contribution in [0.3, 0.4) is 0 Å². The van der Waals surface area contributed by atoms with Crippen LogP contribution in [0.5, 0.6) is 0 Å². The van der Waals surface area contributed by atoms with E-state index in [1.54, 1.807) is 34.1 Å². The fourth-order valence-corrected chi connectivity index (χ4v) is 5.14. The number of carbonyl (C=O) groups excluding carboxylic acids is 4. The van der Waals surface area contributed by atoms with Gasteiger partial charge in [-0.1, -0.05) is 23.2 Å². The number of halogens is 2. The van der Waals surface area contributed by atoms with E-state index in [0.717, 1.165) is 15.3 Å². The van der Waals surface area contributed by atoms with Crippen molar-refractivity contribution in [2.45, 2.75) is 12.8 Å². The Morgan fingerprint density at radius 2 is 1.45 bits per heavy atom. The predicted octanol–water partition coefficient (Wildman–Crippen LogP) is 3.16. The van der Waals surface area contributed by atoms with Crippen molar-refractivity contribution in [3.8, 4) is 10.4 Å². The molecule has 162 valence electrons. The molecule has 7 nitrogen and oxygen atoms in total. The van der Waals surface area contributed by atoms with E-state index in [0.29, 0.717) is 41.1 Å². The van der Waals surface area contributed by atoms with Crippen LogP contribution in [0, 0.1) is 0 Å². The zero-order chi connectivity index (χ0) is 22.1. The van der Waals surface area contributed by atoms with Crippen LogP contribution >= 0.6 is 34.5 Å². The van der Waals surface area contributed by atoms with Gasteiger partial charge in [-0.15, -0.1) is 11.3 Å². The topological polar surface area (TPSA) is 78.0 Å². The zero-order valence-electron chi connectivity index (χ0n) is 16.5. The first-order valence-corrected chi connectivity index (χ1v) is 11.4. The molecule has 2 aromatic rings. The molecule has 4 amide bonds. The second-order valence-corrected chi connectivity index (χ2v) is 9.33. The molecular weight excluding hydrogens is 461 g/mol. The number of amides is 4. The van der Waals surface area contributed by atoms with Crippen LogP contribution in [-0.4, -0.2) is 71.1 Å². The molecule has 2 fully saturated rings. The molecule has 0 bridgehead atoms. The largest absolute Gasteiger partial charge is 0.338 e. The molecule has 0 saturated carbocycles. The van der Waals surface area contributed by atoms with Gasteiger partial charge in [0.05, 0.1) is 4.88 Å². The van der Waals surface area contributed by atoms with Crippen LogP contribution in [0.4, 0.5) is 0 Å². The van der Waals surface area contributed by atoms with E-state index in [9.17, 15) is 19.2 Å². The lowest BCUT2D eigenvalue weighted by molar-refractivity contribution is -0.146. The van der Waals surface area contributed by atoms with Crippen LogP contribution in [0.15, 0.2) is 30.3 Å². The standard InChI is InChI=1S/C21H19Cl2N3O4S/c22-14-9-13(10-15(23)11-14)16-1-2-17(31-16)21(30)25-7-5-24(6-8-25)20(29)12-26-18(27)3-4-19(26)28/h1-2,9-11H,3-8,12H2. The first kappa shape index (κ1) is 21.8. The summed E-state index contributed by atoms with van der Waals surface area (Å²) in [5.41, 5.74) is 0.850. The third-order valence-electron chi connectivity index (χ3n) is 5.33. The smallest absolute Gasteiger partial charge is 0.264 e. The van der Waals surface area contributed by atoms with E-state index in [2.05, 4.69) is 0 Å². The van der Waals surface area contributed by atoms with Crippen molar-refractivity contribution < 1.29 is 19.2 Å². The Morgan fingerprint density at radius 1 is 0.871 bits per heavy atom. The maximum atomic E-state index is 12.9. The molecule has 2 aliphatic heterocycles. The molecule has 0 N–H and O–H groups in total. The Hall–Kier alpha value is -2.42. The van der Waals surface area contributed by atoms with Crippen LogP contribution in [0.2, 0.25) is 10.0 Å². The SMILES string of the molecule is O=C(CN1C(=O)CCC1=O)N1CCN(C(=O)c2ccc(-c3cc(Cl)cc(Cl)c3)s2)CC1. The van der Waals surface area contributed by atoms with Gasteiger partial charge in [-0.05, 0) is 35.9 Å². The van der Waals surface area contributed by atoms with Gasteiger partial charge in [0, 0.05) is 53.9 Å². The molecule has 4 rings (SSSR count). The number of piperazine rings is 1. The Morgan fingerprint density at radius 3 is 2.06 bits per heavy atom. The highest BCUT2D eigenvalue weighted by atomic mass is 35.5. The number of carbonyl (C=O) groups is 4. The highest BCUT2D eigenvalue weighted by molar-refractivity contribution is 7.17. The van der Waals surface area contributed by atoms with Gasteiger partial charge in [-0.3, -0.25) is 24.1 Å². The lowest BCUT2D eigenvalue weighted by Crippen LogP contribution is -2.53. The van der Waals surface area contributed by atoms with Gasteiger partial charge >= 0.3 is 0 Å². The van der Waals surface area contributed by atoms with E-state index in [1.807, 2.05) is 6.07 Å². The number of thiophene rings is 1. The van der Waals surface area contributed by atoms with Crippen molar-refractivity contribution in [3.05, 3.63) is 45.3 Å². The minimum Gasteiger partial charge on any atom is -0.338 e. The van der Waals surface area contributed by atoms with E-state index in [4.69, 9.17) is 23.2 Å². The van der Waals surface area contributed by atoms with Crippen molar-refractivity contribution in [1.29, 1.82) is 0 Å². The third kappa shape index (κ3) is 4.76. The molecule has 1 aromatic heterocycles. The van der Waals surface area contributed by atoms with Gasteiger partial charge in [-0.2, -0.15) is 0 Å². The molecule has 2 saturated heterocycles. The molecule has 31 heavy (non-hydrogen) atoms. The zero-order valence-corrected chi connectivity index (χ0v) is 18.8. The molecular formula is C21H19Cl2N3O4S. The average Bonchev–Trinajstić information content (AvgIpc) is 3.35. The highest BCUT2D eigenvalue weighted by Crippen LogP contribution is 2.33. The number of hydrogen-bond donors (Lipinski definition) is 0. The van der Waals surface area contributed by atoms with Crippen molar-refractivity contribution in [2.24, 2.45) is 0 Å². The summed E-state index contributed by atoms with van der Waals surface area (Å²) in [5, 5.41) is 1.06. The van der Waals surface area contributed by atoms with Gasteiger partial charge in [-0.25, -0.2) is 0 Å². The highest BCUT2D eigenvalue weighted by Gasteiger charge is 2.33. The fourth-order valence-electron chi connectivity index (χ4n) is 3.65. The third-order valence-corrected chi connectivity index (χ3v) is 6.89. The average molecular weight is 480 g/mol. The summed E-state index contributed by atoms with van der Waals surface area (Å²) in [6.45, 7) is 1.29. The maximum Gasteiger partial charge on any atom is 0.264 e. The molecule has 0 aliphatic carbocycles. The van der Waals surface area contributed by atoms with E-state index >= 15 is 0 Å². The van der Waals surface area contributed by atoms with Gasteiger partial charge in [0.1, 0.15) is 6.54 Å². The summed E-state index contributed by atoms with van der Waals surface area (Å²) >= 11 is 13.5. The quantitative estimate of drug-likeness (QED) is 0.630. The molecule has 0 unspecified atom stereocenters. The summed E-state index contributed by atoms with van der Waals surface area (Å²) in [6.07, 6.45) is 0.331. The molecule has 0 atom stereocenters. The van der Waals surface area contributed by atoms with Gasteiger partial charge in [0.15, 0.2) is 0 Å². The Labute approximate surface area is 193 Å². The van der Waals surface area contributed by atoms with Crippen LogP contribution in [0.25, 0.3) is 10.4 Å². The second kappa shape index (κ2) is 8.98. The number of hydrogen-bond acceptors (Lipinski definition) is 5. The summed E-state index contributed by atoms with van der Waals surface area (Å²) in [7, 11) is 0. The lowest BCUT2D eigenvalue weighted by atomic mass is 10.2. The molecule has 1 aromatic carbocycles. The van der Waals surface area contributed by atoms with Crippen molar-refractivity contribution in [1.82, 2.24) is 14.7 Å². The first-order chi connectivity index (χ1) is 14.8. The van der Waals surface area contributed by atoms with E-state index in [1.165, 1.54) is 11.3 Å². The number of benzene rings is 1. The Bertz CT molecular complexity index is 1030. The van der Waals surface area contributed by atoms with Crippen molar-refractivity contribution in [3.63, 3.8) is 0 Å². The van der Waals surface area contributed by atoms with Crippen molar-refractivity contribution >= 4 is 58.2 Å². The van der Waals surface area contributed by atoms with Gasteiger partial charge in [0.25, 0.3) is 5.91 Å². The van der Waals surface area contributed by atoms with E-state index < -0.39 is 0 Å². The fraction of sp³-hybridized carbons (Fsp3) is 0.333. The molecule has 0 spiro atoms. The number of imide groups is 1. The predicted molar refractivity (Wildman–Crippen MR) is 118 cm³/mol. The maximum absolute atomic E-state index is 12.9. The second-order valence-electron chi connectivity index (χ2n) is 7.37. The Kier molecular flexibility index (Phi) is 6.31. The minimum absolute atomic E-state index is 0.0960. The molecule has 10 heteroatoms. The number of nitrogens with zero attached hydrogens (tertiary/aromatic N) is 3. The summed E-state index contributed by atoms with van der Waals surface area (Å²) in [5.74, 6) is -0.975.